The Kier molecular flexibility index (Phi) is 4.81. The number of aromatic nitrogens is 1. The van der Waals surface area contributed by atoms with Crippen LogP contribution in [-0.2, 0) is 6.54 Å². The summed E-state index contributed by atoms with van der Waals surface area (Å²) >= 11 is 6.04. The van der Waals surface area contributed by atoms with E-state index in [2.05, 4.69) is 9.88 Å². The zero-order chi connectivity index (χ0) is 15.5. The summed E-state index contributed by atoms with van der Waals surface area (Å²) in [5.41, 5.74) is 7.73. The Labute approximate surface area is 136 Å². The number of benzene rings is 1. The van der Waals surface area contributed by atoms with Gasteiger partial charge in [-0.05, 0) is 57.0 Å². The number of oxazole rings is 1. The Balaban J connectivity index is 1.75. The van der Waals surface area contributed by atoms with Crippen molar-refractivity contribution in [1.29, 1.82) is 0 Å². The highest BCUT2D eigenvalue weighted by atomic mass is 35.5. The lowest BCUT2D eigenvalue weighted by Gasteiger charge is -2.31. The molecule has 2 aromatic rings. The third-order valence-corrected chi connectivity index (χ3v) is 4.51. The number of hydrogen-bond acceptors (Lipinski definition) is 4. The molecule has 2 N–H and O–H groups in total. The van der Waals surface area contributed by atoms with Gasteiger partial charge < -0.3 is 10.2 Å². The van der Waals surface area contributed by atoms with Gasteiger partial charge in [-0.25, -0.2) is 4.98 Å². The van der Waals surface area contributed by atoms with Crippen molar-refractivity contribution in [2.24, 2.45) is 11.7 Å². The van der Waals surface area contributed by atoms with Crippen molar-refractivity contribution in [2.45, 2.75) is 26.3 Å². The van der Waals surface area contributed by atoms with Crippen molar-refractivity contribution in [3.63, 3.8) is 0 Å². The summed E-state index contributed by atoms with van der Waals surface area (Å²) < 4.78 is 5.83. The number of halogens is 1. The number of piperidine rings is 1. The molecule has 1 atom stereocenters. The molecule has 0 aliphatic carbocycles. The van der Waals surface area contributed by atoms with Crippen molar-refractivity contribution in [3.05, 3.63) is 40.7 Å². The number of nitrogens with zero attached hydrogens (tertiary/aromatic N) is 2. The fourth-order valence-corrected chi connectivity index (χ4v) is 3.21. The van der Waals surface area contributed by atoms with Gasteiger partial charge in [0.1, 0.15) is 5.76 Å². The molecule has 2 heterocycles. The summed E-state index contributed by atoms with van der Waals surface area (Å²) in [5.74, 6) is 2.13. The fourth-order valence-electron chi connectivity index (χ4n) is 3.02. The fraction of sp³-hybridized carbons (Fsp3) is 0.471. The van der Waals surface area contributed by atoms with Crippen molar-refractivity contribution in [2.75, 3.05) is 19.6 Å². The maximum atomic E-state index is 6.04. The van der Waals surface area contributed by atoms with Gasteiger partial charge in [-0.3, -0.25) is 4.90 Å². The number of rotatable bonds is 4. The van der Waals surface area contributed by atoms with Crippen molar-refractivity contribution < 1.29 is 4.42 Å². The number of likely N-dealkylation sites (tertiary alicyclic amines) is 1. The molecule has 0 spiro atoms. The minimum absolute atomic E-state index is 0.605. The second kappa shape index (κ2) is 6.82. The van der Waals surface area contributed by atoms with Crippen LogP contribution in [0, 0.1) is 12.8 Å². The normalized spacial score (nSPS) is 19.5. The van der Waals surface area contributed by atoms with Gasteiger partial charge in [-0.2, -0.15) is 0 Å². The molecule has 3 rings (SSSR count). The van der Waals surface area contributed by atoms with E-state index in [1.165, 1.54) is 12.8 Å². The second-order valence-corrected chi connectivity index (χ2v) is 6.45. The SMILES string of the molecule is Cc1oc(-c2cccc(Cl)c2)nc1CN1CCCC(CN)C1. The van der Waals surface area contributed by atoms with Gasteiger partial charge in [0.15, 0.2) is 0 Å². The van der Waals surface area contributed by atoms with E-state index in [9.17, 15) is 0 Å². The van der Waals surface area contributed by atoms with Crippen molar-refractivity contribution in [3.8, 4) is 11.5 Å². The monoisotopic (exact) mass is 319 g/mol. The van der Waals surface area contributed by atoms with Crippen molar-refractivity contribution in [1.82, 2.24) is 9.88 Å². The summed E-state index contributed by atoms with van der Waals surface area (Å²) in [5, 5.41) is 0.691. The molecule has 1 fully saturated rings. The average molecular weight is 320 g/mol. The molecule has 1 aliphatic rings. The van der Waals surface area contributed by atoms with Gasteiger partial charge in [0, 0.05) is 23.7 Å². The maximum Gasteiger partial charge on any atom is 0.226 e. The topological polar surface area (TPSA) is 55.3 Å². The van der Waals surface area contributed by atoms with Gasteiger partial charge in [0.25, 0.3) is 0 Å². The van der Waals surface area contributed by atoms with Gasteiger partial charge in [-0.15, -0.1) is 0 Å². The minimum Gasteiger partial charge on any atom is -0.441 e. The molecule has 0 saturated carbocycles. The van der Waals surface area contributed by atoms with Crippen LogP contribution in [0.2, 0.25) is 5.02 Å². The van der Waals surface area contributed by atoms with Crippen LogP contribution in [-0.4, -0.2) is 29.5 Å². The van der Waals surface area contributed by atoms with Crippen LogP contribution < -0.4 is 5.73 Å². The van der Waals surface area contributed by atoms with Crippen LogP contribution in [0.4, 0.5) is 0 Å². The summed E-state index contributed by atoms with van der Waals surface area (Å²) in [6.07, 6.45) is 2.44. The number of aryl methyl sites for hydroxylation is 1. The first kappa shape index (κ1) is 15.5. The van der Waals surface area contributed by atoms with E-state index >= 15 is 0 Å². The predicted molar refractivity (Wildman–Crippen MR) is 88.7 cm³/mol. The highest BCUT2D eigenvalue weighted by molar-refractivity contribution is 6.30. The van der Waals surface area contributed by atoms with E-state index in [1.54, 1.807) is 0 Å². The molecule has 1 saturated heterocycles. The van der Waals surface area contributed by atoms with E-state index in [1.807, 2.05) is 31.2 Å². The Morgan fingerprint density at radius 2 is 2.32 bits per heavy atom. The molecule has 118 valence electrons. The molecule has 1 unspecified atom stereocenters. The standard InChI is InChI=1S/C17H22ClN3O/c1-12-16(11-21-7-3-4-13(9-19)10-21)20-17(22-12)14-5-2-6-15(18)8-14/h2,5-6,8,13H,3-4,7,9-11,19H2,1H3. The Morgan fingerprint density at radius 1 is 1.45 bits per heavy atom. The molecule has 0 bridgehead atoms. The Morgan fingerprint density at radius 3 is 3.09 bits per heavy atom. The third kappa shape index (κ3) is 3.51. The molecule has 0 radical (unpaired) electrons. The predicted octanol–water partition coefficient (Wildman–Crippen LogP) is 3.47. The first-order valence-corrected chi connectivity index (χ1v) is 8.18. The Hall–Kier alpha value is -1.36. The molecule has 1 aliphatic heterocycles. The molecule has 1 aromatic heterocycles. The van der Waals surface area contributed by atoms with Crippen LogP contribution in [0.25, 0.3) is 11.5 Å². The van der Waals surface area contributed by atoms with E-state index in [0.29, 0.717) is 16.8 Å². The van der Waals surface area contributed by atoms with Gasteiger partial charge in [0.2, 0.25) is 5.89 Å². The van der Waals surface area contributed by atoms with Crippen LogP contribution in [0.1, 0.15) is 24.3 Å². The van der Waals surface area contributed by atoms with Crippen molar-refractivity contribution >= 4 is 11.6 Å². The van der Waals surface area contributed by atoms with E-state index in [4.69, 9.17) is 21.8 Å². The molecular weight excluding hydrogens is 298 g/mol. The quantitative estimate of drug-likeness (QED) is 0.937. The lowest BCUT2D eigenvalue weighted by atomic mass is 9.98. The molecular formula is C17H22ClN3O. The first-order valence-electron chi connectivity index (χ1n) is 7.80. The minimum atomic E-state index is 0.605. The summed E-state index contributed by atoms with van der Waals surface area (Å²) in [7, 11) is 0. The van der Waals surface area contributed by atoms with E-state index < -0.39 is 0 Å². The molecule has 5 heteroatoms. The lowest BCUT2D eigenvalue weighted by Crippen LogP contribution is -2.38. The van der Waals surface area contributed by atoms with Crippen LogP contribution in [0.3, 0.4) is 0 Å². The lowest BCUT2D eigenvalue weighted by molar-refractivity contribution is 0.169. The second-order valence-electron chi connectivity index (χ2n) is 6.01. The average Bonchev–Trinajstić information content (AvgIpc) is 2.89. The maximum absolute atomic E-state index is 6.04. The molecule has 22 heavy (non-hydrogen) atoms. The van der Waals surface area contributed by atoms with Crippen LogP contribution >= 0.6 is 11.6 Å². The van der Waals surface area contributed by atoms with Gasteiger partial charge >= 0.3 is 0 Å². The van der Waals surface area contributed by atoms with E-state index in [-0.39, 0.29) is 0 Å². The molecule has 0 amide bonds. The smallest absolute Gasteiger partial charge is 0.226 e. The molecule has 1 aromatic carbocycles. The molecule has 4 nitrogen and oxygen atoms in total. The van der Waals surface area contributed by atoms with Gasteiger partial charge in [-0.1, -0.05) is 17.7 Å². The van der Waals surface area contributed by atoms with E-state index in [0.717, 1.165) is 43.2 Å². The third-order valence-electron chi connectivity index (χ3n) is 4.27. The zero-order valence-electron chi connectivity index (χ0n) is 12.9. The highest BCUT2D eigenvalue weighted by Crippen LogP contribution is 2.26. The van der Waals surface area contributed by atoms with Crippen LogP contribution in [0.15, 0.2) is 28.7 Å². The summed E-state index contributed by atoms with van der Waals surface area (Å²) in [4.78, 5) is 7.09. The largest absolute Gasteiger partial charge is 0.441 e. The Bertz CT molecular complexity index is 641. The zero-order valence-corrected chi connectivity index (χ0v) is 13.6. The van der Waals surface area contributed by atoms with Gasteiger partial charge in [0.05, 0.1) is 5.69 Å². The first-order chi connectivity index (χ1) is 10.7. The summed E-state index contributed by atoms with van der Waals surface area (Å²) in [6, 6.07) is 7.60. The number of hydrogen-bond donors (Lipinski definition) is 1. The summed E-state index contributed by atoms with van der Waals surface area (Å²) in [6.45, 7) is 5.72. The number of nitrogens with two attached hydrogens (primary N) is 1. The highest BCUT2D eigenvalue weighted by Gasteiger charge is 2.21. The van der Waals surface area contributed by atoms with Crippen LogP contribution in [0.5, 0.6) is 0 Å².